The molecule has 2 N–H and O–H groups in total. The minimum atomic E-state index is -0.264. The smallest absolute Gasteiger partial charge is 0.272 e. The van der Waals surface area contributed by atoms with Crippen molar-refractivity contribution in [2.24, 2.45) is 0 Å². The summed E-state index contributed by atoms with van der Waals surface area (Å²) in [6.07, 6.45) is 1.70. The van der Waals surface area contributed by atoms with Crippen molar-refractivity contribution in [1.29, 1.82) is 0 Å². The Morgan fingerprint density at radius 3 is 2.74 bits per heavy atom. The molecule has 0 radical (unpaired) electrons. The van der Waals surface area contributed by atoms with Crippen LogP contribution in [0, 0.1) is 6.92 Å². The van der Waals surface area contributed by atoms with Gasteiger partial charge in [-0.25, -0.2) is 0 Å². The first-order valence-corrected chi connectivity index (χ1v) is 5.91. The fourth-order valence-electron chi connectivity index (χ4n) is 1.54. The maximum Gasteiger partial charge on any atom is 0.272 e. The number of hydrogen-bond acceptors (Lipinski definition) is 5. The summed E-state index contributed by atoms with van der Waals surface area (Å²) in [6, 6.07) is 7.14. The van der Waals surface area contributed by atoms with Crippen molar-refractivity contribution in [3.63, 3.8) is 0 Å². The molecule has 0 spiro atoms. The molecule has 0 aliphatic rings. The molecular weight excluding hydrogens is 242 g/mol. The predicted molar refractivity (Wildman–Crippen MR) is 71.7 cm³/mol. The number of aromatic nitrogens is 3. The molecule has 19 heavy (non-hydrogen) atoms. The van der Waals surface area contributed by atoms with Crippen LogP contribution in [0.5, 0.6) is 0 Å². The summed E-state index contributed by atoms with van der Waals surface area (Å²) < 4.78 is 0. The van der Waals surface area contributed by atoms with Gasteiger partial charge >= 0.3 is 0 Å². The van der Waals surface area contributed by atoms with Gasteiger partial charge in [0, 0.05) is 13.2 Å². The third kappa shape index (κ3) is 3.25. The largest absolute Gasteiger partial charge is 0.372 e. The molecule has 0 atom stereocenters. The highest BCUT2D eigenvalue weighted by atomic mass is 16.1. The van der Waals surface area contributed by atoms with Gasteiger partial charge < -0.3 is 10.6 Å². The Morgan fingerprint density at radius 2 is 2.11 bits per heavy atom. The fourth-order valence-corrected chi connectivity index (χ4v) is 1.54. The molecule has 0 aliphatic heterocycles. The van der Waals surface area contributed by atoms with Gasteiger partial charge in [0.2, 0.25) is 0 Å². The van der Waals surface area contributed by atoms with Gasteiger partial charge in [-0.2, -0.15) is 0 Å². The van der Waals surface area contributed by atoms with E-state index in [0.29, 0.717) is 12.4 Å². The molecule has 0 saturated carbocycles. The molecule has 98 valence electrons. The van der Waals surface area contributed by atoms with Crippen LogP contribution in [0.3, 0.4) is 0 Å². The molecule has 2 rings (SSSR count). The highest BCUT2D eigenvalue weighted by Crippen LogP contribution is 2.04. The first kappa shape index (κ1) is 12.9. The van der Waals surface area contributed by atoms with Crippen LogP contribution < -0.4 is 10.6 Å². The zero-order chi connectivity index (χ0) is 13.7. The summed E-state index contributed by atoms with van der Waals surface area (Å²) in [6.45, 7) is 2.33. The number of anilines is 1. The Hall–Kier alpha value is -2.50. The summed E-state index contributed by atoms with van der Waals surface area (Å²) in [5, 5.41) is 13.3. The van der Waals surface area contributed by atoms with E-state index < -0.39 is 0 Å². The molecular formula is C13H15N5O. The third-order valence-corrected chi connectivity index (χ3v) is 2.69. The molecule has 0 aromatic carbocycles. The van der Waals surface area contributed by atoms with Crippen molar-refractivity contribution in [2.45, 2.75) is 13.5 Å². The molecule has 2 aromatic rings. The first-order valence-electron chi connectivity index (χ1n) is 5.91. The van der Waals surface area contributed by atoms with E-state index in [2.05, 4.69) is 25.8 Å². The average molecular weight is 257 g/mol. The normalized spacial score (nSPS) is 10.0. The van der Waals surface area contributed by atoms with Crippen molar-refractivity contribution in [2.75, 3.05) is 12.4 Å². The molecule has 0 fully saturated rings. The monoisotopic (exact) mass is 257 g/mol. The van der Waals surface area contributed by atoms with Crippen molar-refractivity contribution in [1.82, 2.24) is 20.5 Å². The lowest BCUT2D eigenvalue weighted by molar-refractivity contribution is 0.0944. The lowest BCUT2D eigenvalue weighted by Crippen LogP contribution is -2.25. The third-order valence-electron chi connectivity index (χ3n) is 2.69. The lowest BCUT2D eigenvalue weighted by Gasteiger charge is -2.06. The molecule has 2 heterocycles. The number of hydrogen-bond donors (Lipinski definition) is 2. The van der Waals surface area contributed by atoms with Crippen LogP contribution >= 0.6 is 0 Å². The second-order valence-electron chi connectivity index (χ2n) is 4.00. The zero-order valence-corrected chi connectivity index (χ0v) is 10.8. The quantitative estimate of drug-likeness (QED) is 0.859. The van der Waals surface area contributed by atoms with E-state index in [1.54, 1.807) is 25.4 Å². The van der Waals surface area contributed by atoms with Crippen LogP contribution in [0.25, 0.3) is 0 Å². The van der Waals surface area contributed by atoms with E-state index in [1.807, 2.05) is 19.1 Å². The molecule has 0 unspecified atom stereocenters. The minimum Gasteiger partial charge on any atom is -0.372 e. The minimum absolute atomic E-state index is 0.264. The Kier molecular flexibility index (Phi) is 4.02. The maximum atomic E-state index is 11.9. The Morgan fingerprint density at radius 1 is 1.26 bits per heavy atom. The van der Waals surface area contributed by atoms with Gasteiger partial charge in [-0.15, -0.1) is 10.2 Å². The second-order valence-corrected chi connectivity index (χ2v) is 4.00. The van der Waals surface area contributed by atoms with Gasteiger partial charge in [0.15, 0.2) is 5.69 Å². The van der Waals surface area contributed by atoms with E-state index in [0.717, 1.165) is 11.3 Å². The second kappa shape index (κ2) is 5.90. The molecule has 6 nitrogen and oxygen atoms in total. The molecule has 1 amide bonds. The molecule has 0 saturated heterocycles. The van der Waals surface area contributed by atoms with Crippen LogP contribution in [-0.4, -0.2) is 28.1 Å². The molecule has 0 bridgehead atoms. The zero-order valence-electron chi connectivity index (χ0n) is 10.8. The highest BCUT2D eigenvalue weighted by molar-refractivity contribution is 5.92. The van der Waals surface area contributed by atoms with Gasteiger partial charge in [0.25, 0.3) is 5.91 Å². The molecule has 0 aliphatic carbocycles. The van der Waals surface area contributed by atoms with Crippen molar-refractivity contribution >= 4 is 11.7 Å². The Balaban J connectivity index is 1.99. The van der Waals surface area contributed by atoms with Crippen LogP contribution in [0.4, 0.5) is 5.82 Å². The highest BCUT2D eigenvalue weighted by Gasteiger charge is 2.08. The number of nitrogens with one attached hydrogen (secondary N) is 2. The summed E-state index contributed by atoms with van der Waals surface area (Å²) in [7, 11) is 1.74. The van der Waals surface area contributed by atoms with E-state index in [-0.39, 0.29) is 11.6 Å². The summed E-state index contributed by atoms with van der Waals surface area (Å²) in [4.78, 5) is 16.1. The van der Waals surface area contributed by atoms with Crippen LogP contribution in [0.2, 0.25) is 0 Å². The van der Waals surface area contributed by atoms with E-state index in [4.69, 9.17) is 0 Å². The Labute approximate surface area is 111 Å². The number of carbonyl (C=O) groups excluding carboxylic acids is 1. The number of nitrogens with zero attached hydrogens (tertiary/aromatic N) is 3. The number of amides is 1. The number of pyridine rings is 1. The number of aryl methyl sites for hydroxylation is 1. The fraction of sp³-hybridized carbons (Fsp3) is 0.231. The van der Waals surface area contributed by atoms with Crippen molar-refractivity contribution in [3.8, 4) is 0 Å². The van der Waals surface area contributed by atoms with E-state index in [9.17, 15) is 4.79 Å². The predicted octanol–water partition coefficient (Wildman–Crippen LogP) is 1.15. The molecule has 6 heteroatoms. The van der Waals surface area contributed by atoms with Gasteiger partial charge in [-0.1, -0.05) is 6.07 Å². The summed E-state index contributed by atoms with van der Waals surface area (Å²) in [5.41, 5.74) is 2.17. The standard InChI is InChI=1S/C13H15N5O/c1-9-4-3-7-15-11(9)8-16-13(19)10-5-6-12(14-2)18-17-10/h3-7H,8H2,1-2H3,(H,14,18)(H,16,19). The van der Waals surface area contributed by atoms with E-state index >= 15 is 0 Å². The summed E-state index contributed by atoms with van der Waals surface area (Å²) in [5.74, 6) is 0.359. The first-order chi connectivity index (χ1) is 9.20. The van der Waals surface area contributed by atoms with Gasteiger partial charge in [0.05, 0.1) is 12.2 Å². The van der Waals surface area contributed by atoms with Crippen molar-refractivity contribution < 1.29 is 4.79 Å². The van der Waals surface area contributed by atoms with Gasteiger partial charge in [0.1, 0.15) is 5.82 Å². The van der Waals surface area contributed by atoms with Crippen molar-refractivity contribution in [3.05, 3.63) is 47.4 Å². The molecule has 2 aromatic heterocycles. The Bertz CT molecular complexity index is 568. The van der Waals surface area contributed by atoms with Crippen LogP contribution in [-0.2, 0) is 6.54 Å². The van der Waals surface area contributed by atoms with Crippen LogP contribution in [0.15, 0.2) is 30.5 Å². The maximum absolute atomic E-state index is 11.9. The topological polar surface area (TPSA) is 79.8 Å². The van der Waals surface area contributed by atoms with Crippen LogP contribution in [0.1, 0.15) is 21.7 Å². The van der Waals surface area contributed by atoms with E-state index in [1.165, 1.54) is 0 Å². The van der Waals surface area contributed by atoms with Gasteiger partial charge in [-0.05, 0) is 30.7 Å². The average Bonchev–Trinajstić information content (AvgIpc) is 2.46. The summed E-state index contributed by atoms with van der Waals surface area (Å²) >= 11 is 0. The SMILES string of the molecule is CNc1ccc(C(=O)NCc2ncccc2C)nn1. The number of rotatable bonds is 4. The number of carbonyl (C=O) groups is 1. The lowest BCUT2D eigenvalue weighted by atomic mass is 10.2. The van der Waals surface area contributed by atoms with Gasteiger partial charge in [-0.3, -0.25) is 9.78 Å².